The first-order valence-electron chi connectivity index (χ1n) is 5.40. The molecule has 1 unspecified atom stereocenters. The number of amides is 1. The Bertz CT molecular complexity index is 520. The number of carbonyl (C=O) groups excluding carboxylic acids is 1. The Morgan fingerprint density at radius 3 is 2.63 bits per heavy atom. The second-order valence-corrected chi connectivity index (χ2v) is 3.73. The first-order valence-corrected chi connectivity index (χ1v) is 5.40. The fraction of sp³-hybridized carbons (Fsp3) is 0.333. The molecule has 0 aliphatic rings. The van der Waals surface area contributed by atoms with Crippen LogP contribution in [-0.2, 0) is 6.18 Å². The number of nitrogens with one attached hydrogen (secondary N) is 1. The number of primary amides is 1. The largest absolute Gasteiger partial charge is 0.433 e. The first kappa shape index (κ1) is 14.8. The summed E-state index contributed by atoms with van der Waals surface area (Å²) < 4.78 is 37.7. The zero-order valence-electron chi connectivity index (χ0n) is 10.1. The van der Waals surface area contributed by atoms with Crippen LogP contribution in [0.5, 0.6) is 0 Å². The Morgan fingerprint density at radius 2 is 2.21 bits per heavy atom. The van der Waals surface area contributed by atoms with Crippen molar-refractivity contribution in [2.45, 2.75) is 25.6 Å². The molecule has 0 saturated carbocycles. The van der Waals surface area contributed by atoms with Gasteiger partial charge in [0, 0.05) is 0 Å². The Kier molecular flexibility index (Phi) is 4.38. The number of halogens is 3. The van der Waals surface area contributed by atoms with Crippen LogP contribution in [-0.4, -0.2) is 16.9 Å². The van der Waals surface area contributed by atoms with Crippen LogP contribution in [0.3, 0.4) is 0 Å². The monoisotopic (exact) mass is 271 g/mol. The van der Waals surface area contributed by atoms with Gasteiger partial charge in [-0.05, 0) is 18.6 Å². The summed E-state index contributed by atoms with van der Waals surface area (Å²) in [5.41, 5.74) is 3.82. The van der Waals surface area contributed by atoms with Gasteiger partial charge in [0.05, 0.1) is 11.6 Å². The third kappa shape index (κ3) is 3.61. The molecular formula is C12H12F3N3O. The molecule has 1 rings (SSSR count). The summed E-state index contributed by atoms with van der Waals surface area (Å²) >= 11 is 0. The molecule has 0 aliphatic heterocycles. The molecule has 3 N–H and O–H groups in total. The van der Waals surface area contributed by atoms with E-state index in [0.717, 1.165) is 6.07 Å². The van der Waals surface area contributed by atoms with Gasteiger partial charge in [-0.2, -0.15) is 13.2 Å². The molecule has 0 saturated heterocycles. The van der Waals surface area contributed by atoms with Gasteiger partial charge in [-0.1, -0.05) is 12.8 Å². The molecule has 19 heavy (non-hydrogen) atoms. The van der Waals surface area contributed by atoms with E-state index in [1.807, 2.05) is 0 Å². The summed E-state index contributed by atoms with van der Waals surface area (Å²) in [6, 6.07) is 1.14. The highest BCUT2D eigenvalue weighted by atomic mass is 19.4. The van der Waals surface area contributed by atoms with Crippen molar-refractivity contribution < 1.29 is 18.0 Å². The molecule has 0 fully saturated rings. The molecular weight excluding hydrogens is 259 g/mol. The summed E-state index contributed by atoms with van der Waals surface area (Å²) in [7, 11) is 0. The lowest BCUT2D eigenvalue weighted by Crippen LogP contribution is -2.23. The van der Waals surface area contributed by atoms with E-state index in [2.05, 4.69) is 16.2 Å². The minimum absolute atomic E-state index is 0.137. The molecule has 1 heterocycles. The SMILES string of the molecule is C#CC(CC)Nc1nc(C(F)(F)F)ccc1C(N)=O. The van der Waals surface area contributed by atoms with E-state index in [1.54, 1.807) is 6.92 Å². The van der Waals surface area contributed by atoms with Crippen LogP contribution in [0.1, 0.15) is 29.4 Å². The summed E-state index contributed by atoms with van der Waals surface area (Å²) in [6.07, 6.45) is 1.06. The van der Waals surface area contributed by atoms with E-state index in [-0.39, 0.29) is 11.4 Å². The van der Waals surface area contributed by atoms with Gasteiger partial charge in [-0.15, -0.1) is 6.42 Å². The zero-order valence-corrected chi connectivity index (χ0v) is 10.1. The third-order valence-corrected chi connectivity index (χ3v) is 2.37. The highest BCUT2D eigenvalue weighted by Crippen LogP contribution is 2.29. The summed E-state index contributed by atoms with van der Waals surface area (Å²) in [4.78, 5) is 14.5. The van der Waals surface area contributed by atoms with Gasteiger partial charge in [-0.25, -0.2) is 4.98 Å². The Morgan fingerprint density at radius 1 is 1.58 bits per heavy atom. The van der Waals surface area contributed by atoms with Crippen molar-refractivity contribution >= 4 is 11.7 Å². The molecule has 1 amide bonds. The van der Waals surface area contributed by atoms with Crippen LogP contribution in [0.4, 0.5) is 19.0 Å². The van der Waals surface area contributed by atoms with Crippen molar-refractivity contribution in [1.82, 2.24) is 4.98 Å². The maximum Gasteiger partial charge on any atom is 0.433 e. The van der Waals surface area contributed by atoms with Gasteiger partial charge in [0.1, 0.15) is 11.5 Å². The normalized spacial score (nSPS) is 12.6. The number of rotatable bonds is 4. The van der Waals surface area contributed by atoms with Crippen LogP contribution in [0.2, 0.25) is 0 Å². The molecule has 102 valence electrons. The first-order chi connectivity index (χ1) is 8.79. The number of pyridine rings is 1. The lowest BCUT2D eigenvalue weighted by molar-refractivity contribution is -0.141. The van der Waals surface area contributed by atoms with E-state index < -0.39 is 23.8 Å². The second-order valence-electron chi connectivity index (χ2n) is 3.73. The summed E-state index contributed by atoms with van der Waals surface area (Å²) in [6.45, 7) is 1.75. The van der Waals surface area contributed by atoms with Gasteiger partial charge < -0.3 is 11.1 Å². The van der Waals surface area contributed by atoms with Crippen molar-refractivity contribution in [2.75, 3.05) is 5.32 Å². The van der Waals surface area contributed by atoms with Crippen molar-refractivity contribution in [3.8, 4) is 12.3 Å². The van der Waals surface area contributed by atoms with Gasteiger partial charge in [0.15, 0.2) is 0 Å². The van der Waals surface area contributed by atoms with Gasteiger partial charge in [-0.3, -0.25) is 4.79 Å². The van der Waals surface area contributed by atoms with Crippen molar-refractivity contribution in [3.63, 3.8) is 0 Å². The topological polar surface area (TPSA) is 68.0 Å². The van der Waals surface area contributed by atoms with E-state index in [1.165, 1.54) is 0 Å². The van der Waals surface area contributed by atoms with Gasteiger partial charge in [0.25, 0.3) is 5.91 Å². The molecule has 7 heteroatoms. The number of hydrogen-bond donors (Lipinski definition) is 2. The lowest BCUT2D eigenvalue weighted by atomic mass is 10.2. The number of aromatic nitrogens is 1. The fourth-order valence-corrected chi connectivity index (χ4v) is 1.35. The van der Waals surface area contributed by atoms with E-state index in [4.69, 9.17) is 12.2 Å². The number of nitrogens with zero attached hydrogens (tertiary/aromatic N) is 1. The van der Waals surface area contributed by atoms with Crippen LogP contribution < -0.4 is 11.1 Å². The third-order valence-electron chi connectivity index (χ3n) is 2.37. The number of anilines is 1. The standard InChI is InChI=1S/C12H12F3N3O/c1-3-7(4-2)17-11-8(10(16)19)5-6-9(18-11)12(13,14)15/h1,5-7H,4H2,2H3,(H2,16,19)(H,17,18). The quantitative estimate of drug-likeness (QED) is 0.823. The van der Waals surface area contributed by atoms with Crippen LogP contribution >= 0.6 is 0 Å². The van der Waals surface area contributed by atoms with Crippen molar-refractivity contribution in [2.24, 2.45) is 5.73 Å². The number of terminal acetylenes is 1. The number of alkyl halides is 3. The molecule has 0 spiro atoms. The minimum atomic E-state index is -4.61. The van der Waals surface area contributed by atoms with E-state index in [0.29, 0.717) is 12.5 Å². The molecule has 1 aromatic rings. The Hall–Kier alpha value is -2.23. The number of nitrogens with two attached hydrogens (primary N) is 1. The summed E-state index contributed by atoms with van der Waals surface area (Å²) in [5.74, 6) is 1.20. The highest BCUT2D eigenvalue weighted by molar-refractivity contribution is 5.97. The van der Waals surface area contributed by atoms with Crippen molar-refractivity contribution in [3.05, 3.63) is 23.4 Å². The predicted octanol–water partition coefficient (Wildman–Crippen LogP) is 2.02. The van der Waals surface area contributed by atoms with Crippen LogP contribution in [0.15, 0.2) is 12.1 Å². The lowest BCUT2D eigenvalue weighted by Gasteiger charge is -2.15. The molecule has 1 aromatic heterocycles. The molecule has 0 aromatic carbocycles. The Labute approximate surface area is 108 Å². The average molecular weight is 271 g/mol. The number of carbonyl (C=O) groups is 1. The molecule has 4 nitrogen and oxygen atoms in total. The van der Waals surface area contributed by atoms with Gasteiger partial charge >= 0.3 is 6.18 Å². The average Bonchev–Trinajstić information content (AvgIpc) is 2.34. The highest BCUT2D eigenvalue weighted by Gasteiger charge is 2.33. The smallest absolute Gasteiger partial charge is 0.365 e. The maximum atomic E-state index is 12.6. The fourth-order valence-electron chi connectivity index (χ4n) is 1.35. The van der Waals surface area contributed by atoms with Crippen molar-refractivity contribution in [1.29, 1.82) is 0 Å². The van der Waals surface area contributed by atoms with Crippen LogP contribution in [0, 0.1) is 12.3 Å². The van der Waals surface area contributed by atoms with Gasteiger partial charge in [0.2, 0.25) is 0 Å². The van der Waals surface area contributed by atoms with Crippen LogP contribution in [0.25, 0.3) is 0 Å². The maximum absolute atomic E-state index is 12.6. The molecule has 0 bridgehead atoms. The Balaban J connectivity index is 3.24. The second kappa shape index (κ2) is 5.61. The molecule has 1 atom stereocenters. The molecule has 0 radical (unpaired) electrons. The summed E-state index contributed by atoms with van der Waals surface area (Å²) in [5, 5.41) is 2.59. The van der Waals surface area contributed by atoms with E-state index in [9.17, 15) is 18.0 Å². The number of hydrogen-bond acceptors (Lipinski definition) is 3. The predicted molar refractivity (Wildman–Crippen MR) is 64.3 cm³/mol. The minimum Gasteiger partial charge on any atom is -0.365 e. The molecule has 0 aliphatic carbocycles. The van der Waals surface area contributed by atoms with E-state index >= 15 is 0 Å². The zero-order chi connectivity index (χ0) is 14.6.